The first-order valence-electron chi connectivity index (χ1n) is 8.15. The zero-order valence-corrected chi connectivity index (χ0v) is 14.8. The van der Waals surface area contributed by atoms with Gasteiger partial charge in [0.1, 0.15) is 11.5 Å². The lowest BCUT2D eigenvalue weighted by atomic mass is 10.2. The molecule has 0 saturated carbocycles. The van der Waals surface area contributed by atoms with Gasteiger partial charge in [0.2, 0.25) is 0 Å². The molecular formula is C18H22Cl2N2O. The lowest BCUT2D eigenvalue weighted by molar-refractivity contribution is 0.258. The van der Waals surface area contributed by atoms with E-state index in [4.69, 9.17) is 27.6 Å². The second kappa shape index (κ2) is 7.71. The Bertz CT molecular complexity index is 636. The van der Waals surface area contributed by atoms with Gasteiger partial charge in [-0.25, -0.2) is 0 Å². The Morgan fingerprint density at radius 2 is 2.00 bits per heavy atom. The van der Waals surface area contributed by atoms with E-state index >= 15 is 0 Å². The van der Waals surface area contributed by atoms with E-state index in [2.05, 4.69) is 17.1 Å². The topological polar surface area (TPSA) is 28.4 Å². The second-order valence-corrected chi connectivity index (χ2v) is 6.85. The quantitative estimate of drug-likeness (QED) is 0.807. The summed E-state index contributed by atoms with van der Waals surface area (Å²) in [7, 11) is 0. The Morgan fingerprint density at radius 1 is 1.22 bits per heavy atom. The number of furan rings is 1. The molecule has 1 fully saturated rings. The molecule has 124 valence electrons. The van der Waals surface area contributed by atoms with E-state index in [0.29, 0.717) is 16.1 Å². The van der Waals surface area contributed by atoms with Crippen LogP contribution >= 0.6 is 23.2 Å². The van der Waals surface area contributed by atoms with E-state index in [1.165, 1.54) is 19.4 Å². The normalized spacial score (nSPS) is 18.7. The summed E-state index contributed by atoms with van der Waals surface area (Å²) in [4.78, 5) is 2.54. The van der Waals surface area contributed by atoms with Gasteiger partial charge in [-0.1, -0.05) is 30.1 Å². The van der Waals surface area contributed by atoms with E-state index in [-0.39, 0.29) is 0 Å². The number of hydrogen-bond acceptors (Lipinski definition) is 3. The highest BCUT2D eigenvalue weighted by Gasteiger charge is 2.22. The van der Waals surface area contributed by atoms with E-state index in [0.717, 1.165) is 36.7 Å². The number of halogens is 2. The number of rotatable bonds is 6. The van der Waals surface area contributed by atoms with Crippen molar-refractivity contribution in [1.29, 1.82) is 0 Å². The molecule has 0 spiro atoms. The van der Waals surface area contributed by atoms with Crippen molar-refractivity contribution in [3.63, 3.8) is 0 Å². The van der Waals surface area contributed by atoms with Gasteiger partial charge in [0.05, 0.1) is 6.54 Å². The van der Waals surface area contributed by atoms with Crippen molar-refractivity contribution < 1.29 is 4.42 Å². The van der Waals surface area contributed by atoms with Gasteiger partial charge in [-0.2, -0.15) is 0 Å². The van der Waals surface area contributed by atoms with Gasteiger partial charge in [0.15, 0.2) is 0 Å². The molecule has 1 aromatic heterocycles. The number of nitrogens with one attached hydrogen (secondary N) is 1. The molecule has 0 bridgehead atoms. The fourth-order valence-corrected chi connectivity index (χ4v) is 3.75. The summed E-state index contributed by atoms with van der Waals surface area (Å²) >= 11 is 12.1. The first-order valence-corrected chi connectivity index (χ1v) is 8.91. The van der Waals surface area contributed by atoms with Crippen molar-refractivity contribution in [1.82, 2.24) is 10.2 Å². The highest BCUT2D eigenvalue weighted by molar-refractivity contribution is 6.35. The average Bonchev–Trinajstić information content (AvgIpc) is 3.15. The van der Waals surface area contributed by atoms with Crippen LogP contribution in [0.5, 0.6) is 0 Å². The molecule has 1 unspecified atom stereocenters. The van der Waals surface area contributed by atoms with Gasteiger partial charge in [0, 0.05) is 28.2 Å². The maximum absolute atomic E-state index is 6.05. The summed E-state index contributed by atoms with van der Waals surface area (Å²) in [5.74, 6) is 1.72. The van der Waals surface area contributed by atoms with E-state index in [1.807, 2.05) is 24.3 Å². The molecule has 1 N–H and O–H groups in total. The van der Waals surface area contributed by atoms with Gasteiger partial charge < -0.3 is 9.73 Å². The Labute approximate surface area is 147 Å². The molecule has 1 aliphatic rings. The number of likely N-dealkylation sites (N-methyl/N-ethyl adjacent to an activating group) is 1. The average molecular weight is 353 g/mol. The number of nitrogens with zero attached hydrogens (tertiary/aromatic N) is 1. The molecule has 1 saturated heterocycles. The SMILES string of the molecule is CCN1CCCC1CNCc1ccc(-c2cc(Cl)cc(Cl)c2)o1. The minimum absolute atomic E-state index is 0.615. The summed E-state index contributed by atoms with van der Waals surface area (Å²) in [6.45, 7) is 6.33. The summed E-state index contributed by atoms with van der Waals surface area (Å²) < 4.78 is 5.90. The molecule has 5 heteroatoms. The van der Waals surface area contributed by atoms with Crippen LogP contribution in [-0.4, -0.2) is 30.6 Å². The van der Waals surface area contributed by atoms with Crippen LogP contribution in [0.25, 0.3) is 11.3 Å². The highest BCUT2D eigenvalue weighted by Crippen LogP contribution is 2.28. The van der Waals surface area contributed by atoms with Crippen molar-refractivity contribution in [3.05, 3.63) is 46.1 Å². The maximum Gasteiger partial charge on any atom is 0.134 e. The maximum atomic E-state index is 6.05. The first kappa shape index (κ1) is 16.8. The van der Waals surface area contributed by atoms with Crippen molar-refractivity contribution in [2.75, 3.05) is 19.6 Å². The highest BCUT2D eigenvalue weighted by atomic mass is 35.5. The smallest absolute Gasteiger partial charge is 0.134 e. The number of hydrogen-bond donors (Lipinski definition) is 1. The Balaban J connectivity index is 1.57. The lowest BCUT2D eigenvalue weighted by Crippen LogP contribution is -2.37. The van der Waals surface area contributed by atoms with E-state index in [1.54, 1.807) is 6.07 Å². The Hall–Kier alpha value is -1.00. The summed E-state index contributed by atoms with van der Waals surface area (Å²) in [6.07, 6.45) is 2.59. The molecule has 0 radical (unpaired) electrons. The van der Waals surface area contributed by atoms with Gasteiger partial charge in [-0.05, 0) is 56.3 Å². The molecule has 1 aliphatic heterocycles. The third-order valence-electron chi connectivity index (χ3n) is 4.39. The molecule has 23 heavy (non-hydrogen) atoms. The molecule has 0 amide bonds. The predicted molar refractivity (Wildman–Crippen MR) is 96.1 cm³/mol. The summed E-state index contributed by atoms with van der Waals surface area (Å²) in [6, 6.07) is 10.1. The van der Waals surface area contributed by atoms with Gasteiger partial charge >= 0.3 is 0 Å². The van der Waals surface area contributed by atoms with Crippen LogP contribution in [0, 0.1) is 0 Å². The number of benzene rings is 1. The fourth-order valence-electron chi connectivity index (χ4n) is 3.23. The van der Waals surface area contributed by atoms with Crippen LogP contribution in [0.2, 0.25) is 10.0 Å². The predicted octanol–water partition coefficient (Wildman–Crippen LogP) is 4.83. The second-order valence-electron chi connectivity index (χ2n) is 5.98. The van der Waals surface area contributed by atoms with Crippen LogP contribution in [0.4, 0.5) is 0 Å². The van der Waals surface area contributed by atoms with E-state index < -0.39 is 0 Å². The lowest BCUT2D eigenvalue weighted by Gasteiger charge is -2.22. The third-order valence-corrected chi connectivity index (χ3v) is 4.83. The molecule has 2 heterocycles. The fraction of sp³-hybridized carbons (Fsp3) is 0.444. The van der Waals surface area contributed by atoms with Crippen LogP contribution < -0.4 is 5.32 Å². The largest absolute Gasteiger partial charge is 0.460 e. The van der Waals surface area contributed by atoms with Gasteiger partial charge in [0.25, 0.3) is 0 Å². The molecule has 2 aromatic rings. The van der Waals surface area contributed by atoms with E-state index in [9.17, 15) is 0 Å². The zero-order chi connectivity index (χ0) is 16.2. The van der Waals surface area contributed by atoms with Crippen LogP contribution in [0.1, 0.15) is 25.5 Å². The standard InChI is InChI=1S/C18H22Cl2N2O/c1-2-22-7-3-4-16(22)11-21-12-17-5-6-18(23-17)13-8-14(19)10-15(20)9-13/h5-6,8-10,16,21H,2-4,7,11-12H2,1H3. The minimum atomic E-state index is 0.615. The summed E-state index contributed by atoms with van der Waals surface area (Å²) in [5, 5.41) is 4.74. The molecule has 0 aliphatic carbocycles. The molecular weight excluding hydrogens is 331 g/mol. The number of likely N-dealkylation sites (tertiary alicyclic amines) is 1. The van der Waals surface area contributed by atoms with Crippen LogP contribution in [0.3, 0.4) is 0 Å². The van der Waals surface area contributed by atoms with Gasteiger partial charge in [-0.15, -0.1) is 0 Å². The van der Waals surface area contributed by atoms with Gasteiger partial charge in [-0.3, -0.25) is 4.90 Å². The molecule has 3 rings (SSSR count). The molecule has 1 aromatic carbocycles. The molecule has 1 atom stereocenters. The monoisotopic (exact) mass is 352 g/mol. The molecule has 3 nitrogen and oxygen atoms in total. The van der Waals surface area contributed by atoms with Crippen LogP contribution in [0.15, 0.2) is 34.7 Å². The first-order chi connectivity index (χ1) is 11.2. The summed E-state index contributed by atoms with van der Waals surface area (Å²) in [5.41, 5.74) is 0.904. The van der Waals surface area contributed by atoms with Crippen molar-refractivity contribution in [2.24, 2.45) is 0 Å². The zero-order valence-electron chi connectivity index (χ0n) is 13.3. The van der Waals surface area contributed by atoms with Crippen molar-refractivity contribution >= 4 is 23.2 Å². The van der Waals surface area contributed by atoms with Crippen molar-refractivity contribution in [2.45, 2.75) is 32.4 Å². The van der Waals surface area contributed by atoms with Crippen LogP contribution in [-0.2, 0) is 6.54 Å². The Kier molecular flexibility index (Phi) is 5.65. The van der Waals surface area contributed by atoms with Crippen molar-refractivity contribution in [3.8, 4) is 11.3 Å². The Morgan fingerprint density at radius 3 is 2.74 bits per heavy atom. The minimum Gasteiger partial charge on any atom is -0.460 e. The third kappa shape index (κ3) is 4.30.